The molecule has 0 atom stereocenters. The minimum atomic E-state index is 0.958. The standard InChI is InChI=1S/C90H74N4/c1-3-23-65-55-85(91(67-43-41-59-25-11-13-31-63(59)53-67)69-45-47-77-75-35-17-21-39-83(75)93(87(77)57-69)81-37-19-15-33-71(81)61-27-7-5-8-28-61)79-52-50-74-66(24-4-2)56-86(80-51-49-73(65)89(79)90(74)80)92(68-44-42-60-26-12-14-32-64(60)54-68)70-46-48-78-76-36-18-22-40-84(76)94(88(78)58-70)82-38-20-16-34-72(82)62-29-9-6-10-30-62/h5-10,15-22,27-30,33-58H,3-4,11-14,23-26,31-32H2,1-2H3. The van der Waals surface area contributed by atoms with Gasteiger partial charge in [-0.15, -0.1) is 0 Å². The van der Waals surface area contributed by atoms with Gasteiger partial charge in [0.05, 0.1) is 44.8 Å². The first-order chi connectivity index (χ1) is 46.6. The van der Waals surface area contributed by atoms with E-state index < -0.39 is 0 Å². The van der Waals surface area contributed by atoms with E-state index in [1.807, 2.05) is 0 Å². The minimum Gasteiger partial charge on any atom is -0.310 e. The van der Waals surface area contributed by atoms with Gasteiger partial charge in [0.1, 0.15) is 0 Å². The van der Waals surface area contributed by atoms with Crippen LogP contribution >= 0.6 is 0 Å². The third-order valence-electron chi connectivity index (χ3n) is 21.0. The van der Waals surface area contributed by atoms with Gasteiger partial charge in [0.25, 0.3) is 0 Å². The predicted molar refractivity (Wildman–Crippen MR) is 400 cm³/mol. The van der Waals surface area contributed by atoms with Crippen molar-refractivity contribution in [1.29, 1.82) is 0 Å². The summed E-state index contributed by atoms with van der Waals surface area (Å²) in [4.78, 5) is 5.28. The molecule has 0 bridgehead atoms. The van der Waals surface area contributed by atoms with Gasteiger partial charge in [-0.2, -0.15) is 0 Å². The Kier molecular flexibility index (Phi) is 13.8. The molecule has 0 N–H and O–H groups in total. The van der Waals surface area contributed by atoms with Crippen molar-refractivity contribution in [3.05, 3.63) is 300 Å². The molecule has 0 spiro atoms. The third-order valence-corrected chi connectivity index (χ3v) is 21.0. The van der Waals surface area contributed by atoms with Crippen molar-refractivity contribution >= 4 is 110 Å². The molecule has 0 radical (unpaired) electrons. The molecule has 0 fully saturated rings. The van der Waals surface area contributed by atoms with E-state index in [9.17, 15) is 0 Å². The first kappa shape index (κ1) is 56.1. The highest BCUT2D eigenvalue weighted by atomic mass is 15.2. The lowest BCUT2D eigenvalue weighted by Gasteiger charge is -2.32. The van der Waals surface area contributed by atoms with Gasteiger partial charge in [0.15, 0.2) is 0 Å². The highest BCUT2D eigenvalue weighted by molar-refractivity contribution is 6.29. The fourth-order valence-electron chi connectivity index (χ4n) is 16.8. The summed E-state index contributed by atoms with van der Waals surface area (Å²) in [6.07, 6.45) is 13.3. The van der Waals surface area contributed by atoms with Crippen molar-refractivity contribution in [1.82, 2.24) is 9.13 Å². The smallest absolute Gasteiger partial charge is 0.0562 e. The first-order valence-electron chi connectivity index (χ1n) is 34.5. The minimum absolute atomic E-state index is 0.958. The van der Waals surface area contributed by atoms with Crippen LogP contribution in [-0.4, -0.2) is 9.13 Å². The summed E-state index contributed by atoms with van der Waals surface area (Å²) in [6, 6.07) is 102. The van der Waals surface area contributed by atoms with Crippen molar-refractivity contribution in [2.75, 3.05) is 9.80 Å². The highest BCUT2D eigenvalue weighted by Crippen LogP contribution is 2.52. The van der Waals surface area contributed by atoms with E-state index in [-0.39, 0.29) is 0 Å². The number of para-hydroxylation sites is 4. The number of aryl methyl sites for hydroxylation is 6. The quantitative estimate of drug-likeness (QED) is 0.101. The molecule has 0 aliphatic heterocycles. The van der Waals surface area contributed by atoms with Crippen LogP contribution in [-0.2, 0) is 38.5 Å². The largest absolute Gasteiger partial charge is 0.310 e. The Bertz CT molecular complexity index is 5260. The topological polar surface area (TPSA) is 16.3 Å². The molecule has 0 saturated heterocycles. The molecular weight excluding hydrogens is 1140 g/mol. The molecule has 0 unspecified atom stereocenters. The Morgan fingerprint density at radius 2 is 0.638 bits per heavy atom. The molecule has 2 aliphatic rings. The number of benzene rings is 14. The van der Waals surface area contributed by atoms with Crippen molar-refractivity contribution in [3.63, 3.8) is 0 Å². The molecular formula is C90H74N4. The highest BCUT2D eigenvalue weighted by Gasteiger charge is 2.29. The fraction of sp³-hybridized carbons (Fsp3) is 0.156. The van der Waals surface area contributed by atoms with Gasteiger partial charge < -0.3 is 18.9 Å². The van der Waals surface area contributed by atoms with Gasteiger partial charge in [-0.1, -0.05) is 209 Å². The van der Waals surface area contributed by atoms with Crippen LogP contribution in [0.4, 0.5) is 34.1 Å². The van der Waals surface area contributed by atoms with Crippen molar-refractivity contribution in [3.8, 4) is 33.6 Å². The number of anilines is 6. The number of rotatable bonds is 14. The number of aromatic nitrogens is 2. The summed E-state index contributed by atoms with van der Waals surface area (Å²) < 4.78 is 5.06. The predicted octanol–water partition coefficient (Wildman–Crippen LogP) is 24.7. The van der Waals surface area contributed by atoms with Crippen molar-refractivity contribution in [2.45, 2.75) is 90.9 Å². The molecule has 2 aromatic heterocycles. The summed E-state index contributed by atoms with van der Waals surface area (Å²) in [5.74, 6) is 0. The van der Waals surface area contributed by atoms with E-state index in [1.165, 1.54) is 191 Å². The zero-order valence-electron chi connectivity index (χ0n) is 53.7. The molecule has 4 nitrogen and oxygen atoms in total. The second-order valence-electron chi connectivity index (χ2n) is 26.5. The molecule has 18 rings (SSSR count). The maximum absolute atomic E-state index is 2.64. The summed E-state index contributed by atoms with van der Waals surface area (Å²) in [7, 11) is 0. The third kappa shape index (κ3) is 9.16. The number of fused-ring (bicyclic) bond motifs is 8. The molecule has 2 heterocycles. The lowest BCUT2D eigenvalue weighted by atomic mass is 9.86. The summed E-state index contributed by atoms with van der Waals surface area (Å²) in [5.41, 5.74) is 27.8. The van der Waals surface area contributed by atoms with Crippen LogP contribution in [0, 0.1) is 0 Å². The second kappa shape index (κ2) is 23.2. The maximum atomic E-state index is 2.64. The SMILES string of the molecule is CCCc1cc(N(c2ccc3c(c2)CCCC3)c2ccc3c4ccccc4n(-c4ccccc4-c4ccccc4)c3c2)c2ccc3c(CCC)cc(N(c4ccc5c(c4)CCCC5)c4ccc5c6ccccc6n(-c6ccccc6-c6ccccc6)c5c4)c4ccc1c2c34. The van der Waals surface area contributed by atoms with Gasteiger partial charge in [-0.25, -0.2) is 0 Å². The Hall–Kier alpha value is -10.7. The lowest BCUT2D eigenvalue weighted by molar-refractivity contribution is 0.685. The molecule has 14 aromatic carbocycles. The zero-order valence-corrected chi connectivity index (χ0v) is 53.7. The zero-order chi connectivity index (χ0) is 62.4. The van der Waals surface area contributed by atoms with Crippen LogP contribution in [0.2, 0.25) is 0 Å². The van der Waals surface area contributed by atoms with E-state index in [1.54, 1.807) is 0 Å². The van der Waals surface area contributed by atoms with Crippen molar-refractivity contribution < 1.29 is 0 Å². The van der Waals surface area contributed by atoms with Gasteiger partial charge in [0, 0.05) is 66.2 Å². The number of hydrogen-bond donors (Lipinski definition) is 0. The molecule has 0 saturated carbocycles. The number of hydrogen-bond acceptors (Lipinski definition) is 2. The number of nitrogens with zero attached hydrogens (tertiary/aromatic N) is 4. The van der Waals surface area contributed by atoms with E-state index in [0.29, 0.717) is 0 Å². The van der Waals surface area contributed by atoms with Crippen LogP contribution in [0.1, 0.15) is 85.8 Å². The van der Waals surface area contributed by atoms with Gasteiger partial charge >= 0.3 is 0 Å². The second-order valence-corrected chi connectivity index (χ2v) is 26.5. The average molecular weight is 1210 g/mol. The average Bonchev–Trinajstić information content (AvgIpc) is 0.759. The normalized spacial score (nSPS) is 13.3. The molecule has 2 aliphatic carbocycles. The maximum Gasteiger partial charge on any atom is 0.0562 e. The van der Waals surface area contributed by atoms with Gasteiger partial charge in [-0.05, 0) is 215 Å². The van der Waals surface area contributed by atoms with Crippen LogP contribution < -0.4 is 9.80 Å². The molecule has 0 amide bonds. The Balaban J connectivity index is 0.905. The molecule has 454 valence electrons. The Morgan fingerprint density at radius 1 is 0.287 bits per heavy atom. The van der Waals surface area contributed by atoms with Gasteiger partial charge in [-0.3, -0.25) is 0 Å². The Morgan fingerprint density at radius 3 is 1.09 bits per heavy atom. The monoisotopic (exact) mass is 1210 g/mol. The van der Waals surface area contributed by atoms with Crippen molar-refractivity contribution in [2.24, 2.45) is 0 Å². The van der Waals surface area contributed by atoms with E-state index in [0.717, 1.165) is 62.7 Å². The van der Waals surface area contributed by atoms with Crippen LogP contribution in [0.3, 0.4) is 0 Å². The van der Waals surface area contributed by atoms with Crippen LogP contribution in [0.5, 0.6) is 0 Å². The van der Waals surface area contributed by atoms with Gasteiger partial charge in [0.2, 0.25) is 0 Å². The lowest BCUT2D eigenvalue weighted by Crippen LogP contribution is -2.14. The molecule has 94 heavy (non-hydrogen) atoms. The fourth-order valence-corrected chi connectivity index (χ4v) is 16.8. The molecule has 16 aromatic rings. The van der Waals surface area contributed by atoms with E-state index in [4.69, 9.17) is 0 Å². The van der Waals surface area contributed by atoms with Crippen LogP contribution in [0.25, 0.3) is 110 Å². The molecule has 4 heteroatoms. The van der Waals surface area contributed by atoms with E-state index >= 15 is 0 Å². The van der Waals surface area contributed by atoms with Crippen LogP contribution in [0.15, 0.2) is 267 Å². The summed E-state index contributed by atoms with van der Waals surface area (Å²) in [6.45, 7) is 4.70. The van der Waals surface area contributed by atoms with E-state index in [2.05, 4.69) is 300 Å². The Labute approximate surface area is 550 Å². The first-order valence-corrected chi connectivity index (χ1v) is 34.5. The summed E-state index contributed by atoms with van der Waals surface area (Å²) in [5, 5.41) is 12.9. The summed E-state index contributed by atoms with van der Waals surface area (Å²) >= 11 is 0.